The Balaban J connectivity index is 3.80. The van der Waals surface area contributed by atoms with Gasteiger partial charge in [-0.05, 0) is 13.3 Å². The van der Waals surface area contributed by atoms with Gasteiger partial charge in [0, 0.05) is 25.4 Å². The lowest BCUT2D eigenvalue weighted by molar-refractivity contribution is -0.131. The number of alkyl halides is 1. The highest BCUT2D eigenvalue weighted by molar-refractivity contribution is 6.18. The van der Waals surface area contributed by atoms with Crippen LogP contribution in [-0.4, -0.2) is 29.8 Å². The molecule has 1 unspecified atom stereocenters. The molecule has 11 heavy (non-hydrogen) atoms. The number of carbonyl (C=O) groups excluding carboxylic acids is 1. The van der Waals surface area contributed by atoms with Gasteiger partial charge in [-0.3, -0.25) is 4.79 Å². The molecule has 0 aromatic heterocycles. The molecule has 0 aromatic rings. The molecule has 0 saturated heterocycles. The number of halogens is 1. The van der Waals surface area contributed by atoms with Gasteiger partial charge >= 0.3 is 0 Å². The van der Waals surface area contributed by atoms with Crippen molar-refractivity contribution in [3.05, 3.63) is 0 Å². The van der Waals surface area contributed by atoms with Gasteiger partial charge < -0.3 is 4.90 Å². The molecule has 0 spiro atoms. The van der Waals surface area contributed by atoms with Crippen LogP contribution in [-0.2, 0) is 4.79 Å². The van der Waals surface area contributed by atoms with Gasteiger partial charge in [0.25, 0.3) is 0 Å². The molecule has 0 fully saturated rings. The largest absolute Gasteiger partial charge is 0.342 e. The zero-order chi connectivity index (χ0) is 8.85. The summed E-state index contributed by atoms with van der Waals surface area (Å²) in [7, 11) is 1.80. The van der Waals surface area contributed by atoms with Crippen LogP contribution >= 0.6 is 11.6 Å². The van der Waals surface area contributed by atoms with Crippen LogP contribution in [0.2, 0.25) is 0 Å². The number of amides is 1. The normalized spacial score (nSPS) is 12.7. The van der Waals surface area contributed by atoms with Gasteiger partial charge in [-0.1, -0.05) is 6.92 Å². The van der Waals surface area contributed by atoms with Gasteiger partial charge in [0.1, 0.15) is 0 Å². The molecule has 66 valence electrons. The Morgan fingerprint density at radius 1 is 1.64 bits per heavy atom. The quantitative estimate of drug-likeness (QED) is 0.601. The zero-order valence-electron chi connectivity index (χ0n) is 7.43. The second kappa shape index (κ2) is 5.42. The van der Waals surface area contributed by atoms with E-state index in [1.165, 1.54) is 0 Å². The van der Waals surface area contributed by atoms with Crippen molar-refractivity contribution in [3.63, 3.8) is 0 Å². The molecule has 0 rings (SSSR count). The van der Waals surface area contributed by atoms with Crippen molar-refractivity contribution in [2.24, 2.45) is 0 Å². The molecule has 0 heterocycles. The van der Waals surface area contributed by atoms with Crippen molar-refractivity contribution in [1.29, 1.82) is 0 Å². The first-order valence-corrected chi connectivity index (χ1v) is 4.48. The van der Waals surface area contributed by atoms with E-state index in [-0.39, 0.29) is 11.9 Å². The fourth-order valence-corrected chi connectivity index (χ4v) is 0.947. The number of rotatable bonds is 4. The summed E-state index contributed by atoms with van der Waals surface area (Å²) < 4.78 is 0. The highest BCUT2D eigenvalue weighted by Gasteiger charge is 2.12. The lowest BCUT2D eigenvalue weighted by Gasteiger charge is -2.22. The molecular weight excluding hydrogens is 162 g/mol. The van der Waals surface area contributed by atoms with Crippen molar-refractivity contribution in [2.45, 2.75) is 32.7 Å². The molecule has 2 nitrogen and oxygen atoms in total. The van der Waals surface area contributed by atoms with Gasteiger partial charge in [-0.25, -0.2) is 0 Å². The van der Waals surface area contributed by atoms with Crippen LogP contribution in [0.4, 0.5) is 0 Å². The zero-order valence-corrected chi connectivity index (χ0v) is 8.19. The summed E-state index contributed by atoms with van der Waals surface area (Å²) >= 11 is 5.60. The Bertz CT molecular complexity index is 127. The molecule has 0 bridgehead atoms. The molecule has 0 aliphatic heterocycles. The average molecular weight is 178 g/mol. The summed E-state index contributed by atoms with van der Waals surface area (Å²) in [6.07, 6.45) is 1.52. The molecule has 0 aromatic carbocycles. The maximum Gasteiger partial charge on any atom is 0.222 e. The van der Waals surface area contributed by atoms with Crippen molar-refractivity contribution >= 4 is 17.5 Å². The highest BCUT2D eigenvalue weighted by atomic mass is 35.5. The third-order valence-corrected chi connectivity index (χ3v) is 2.19. The minimum atomic E-state index is 0.149. The van der Waals surface area contributed by atoms with Gasteiger partial charge in [0.15, 0.2) is 0 Å². The van der Waals surface area contributed by atoms with E-state index in [1.54, 1.807) is 11.9 Å². The summed E-state index contributed by atoms with van der Waals surface area (Å²) in [6, 6.07) is 0.149. The van der Waals surface area contributed by atoms with Gasteiger partial charge in [-0.15, -0.1) is 11.6 Å². The average Bonchev–Trinajstić information content (AvgIpc) is 2.02. The van der Waals surface area contributed by atoms with E-state index in [1.807, 2.05) is 13.8 Å². The molecule has 0 saturated carbocycles. The second-order valence-electron chi connectivity index (χ2n) is 2.76. The fourth-order valence-electron chi connectivity index (χ4n) is 0.740. The summed E-state index contributed by atoms with van der Waals surface area (Å²) in [5.74, 6) is 0.687. The monoisotopic (exact) mass is 177 g/mol. The summed E-state index contributed by atoms with van der Waals surface area (Å²) in [4.78, 5) is 12.9. The minimum absolute atomic E-state index is 0.149. The molecule has 0 N–H and O–H groups in total. The maximum atomic E-state index is 11.2. The van der Waals surface area contributed by atoms with Crippen LogP contribution in [0.5, 0.6) is 0 Å². The van der Waals surface area contributed by atoms with Crippen molar-refractivity contribution in [3.8, 4) is 0 Å². The summed E-state index contributed by atoms with van der Waals surface area (Å²) in [6.45, 7) is 3.94. The third kappa shape index (κ3) is 3.61. The first kappa shape index (κ1) is 10.8. The van der Waals surface area contributed by atoms with Crippen LogP contribution in [0, 0.1) is 0 Å². The standard InChI is InChI=1S/C8H16ClNO/c1-4-5-8(11)10(3)7(2)6-9/h7H,4-6H2,1-3H3. The molecule has 0 radical (unpaired) electrons. The predicted molar refractivity (Wildman–Crippen MR) is 47.9 cm³/mol. The molecule has 3 heteroatoms. The summed E-state index contributed by atoms with van der Waals surface area (Å²) in [5.41, 5.74) is 0. The van der Waals surface area contributed by atoms with E-state index in [4.69, 9.17) is 11.6 Å². The Labute approximate surface area is 73.5 Å². The van der Waals surface area contributed by atoms with Crippen LogP contribution in [0.3, 0.4) is 0 Å². The van der Waals surface area contributed by atoms with E-state index in [0.29, 0.717) is 12.3 Å². The maximum absolute atomic E-state index is 11.2. The van der Waals surface area contributed by atoms with E-state index in [0.717, 1.165) is 6.42 Å². The topological polar surface area (TPSA) is 20.3 Å². The molecule has 0 aliphatic carbocycles. The number of hydrogen-bond donors (Lipinski definition) is 0. The van der Waals surface area contributed by atoms with Gasteiger partial charge in [0.2, 0.25) is 5.91 Å². The molecule has 1 atom stereocenters. The SMILES string of the molecule is CCCC(=O)N(C)C(C)CCl. The molecule has 0 aliphatic rings. The van der Waals surface area contributed by atoms with Crippen molar-refractivity contribution < 1.29 is 4.79 Å². The first-order valence-electron chi connectivity index (χ1n) is 3.95. The van der Waals surface area contributed by atoms with E-state index >= 15 is 0 Å². The van der Waals surface area contributed by atoms with E-state index < -0.39 is 0 Å². The van der Waals surface area contributed by atoms with Gasteiger partial charge in [0.05, 0.1) is 0 Å². The van der Waals surface area contributed by atoms with Gasteiger partial charge in [-0.2, -0.15) is 0 Å². The van der Waals surface area contributed by atoms with Crippen LogP contribution in [0.15, 0.2) is 0 Å². The first-order chi connectivity index (χ1) is 5.13. The van der Waals surface area contributed by atoms with Crippen LogP contribution < -0.4 is 0 Å². The molecule has 1 amide bonds. The number of hydrogen-bond acceptors (Lipinski definition) is 1. The number of nitrogens with zero attached hydrogens (tertiary/aromatic N) is 1. The highest BCUT2D eigenvalue weighted by Crippen LogP contribution is 2.02. The Morgan fingerprint density at radius 3 is 2.55 bits per heavy atom. The number of carbonyl (C=O) groups is 1. The summed E-state index contributed by atoms with van der Waals surface area (Å²) in [5, 5.41) is 0. The van der Waals surface area contributed by atoms with Crippen molar-refractivity contribution in [2.75, 3.05) is 12.9 Å². The Morgan fingerprint density at radius 2 is 2.18 bits per heavy atom. The van der Waals surface area contributed by atoms with E-state index in [9.17, 15) is 4.79 Å². The smallest absolute Gasteiger partial charge is 0.222 e. The van der Waals surface area contributed by atoms with E-state index in [2.05, 4.69) is 0 Å². The minimum Gasteiger partial charge on any atom is -0.342 e. The lowest BCUT2D eigenvalue weighted by Crippen LogP contribution is -2.35. The third-order valence-electron chi connectivity index (χ3n) is 1.74. The van der Waals surface area contributed by atoms with Crippen molar-refractivity contribution in [1.82, 2.24) is 4.90 Å². The Kier molecular flexibility index (Phi) is 5.30. The molecular formula is C8H16ClNO. The van der Waals surface area contributed by atoms with Crippen LogP contribution in [0.25, 0.3) is 0 Å². The lowest BCUT2D eigenvalue weighted by atomic mass is 10.2. The van der Waals surface area contributed by atoms with Crippen LogP contribution in [0.1, 0.15) is 26.7 Å². The second-order valence-corrected chi connectivity index (χ2v) is 3.07. The predicted octanol–water partition coefficient (Wildman–Crippen LogP) is 1.87. The Hall–Kier alpha value is -0.240. The fraction of sp³-hybridized carbons (Fsp3) is 0.875.